The van der Waals surface area contributed by atoms with E-state index in [1.54, 1.807) is 24.3 Å². The lowest BCUT2D eigenvalue weighted by molar-refractivity contribution is 0.102. The molecule has 0 atom stereocenters. The molecule has 3 aromatic rings. The van der Waals surface area contributed by atoms with E-state index in [1.165, 1.54) is 12.1 Å². The average Bonchev–Trinajstić information content (AvgIpc) is 2.67. The Morgan fingerprint density at radius 3 is 2.00 bits per heavy atom. The first-order chi connectivity index (χ1) is 13.7. The van der Waals surface area contributed by atoms with Crippen molar-refractivity contribution in [1.29, 1.82) is 0 Å². The van der Waals surface area contributed by atoms with Gasteiger partial charge >= 0.3 is 0 Å². The predicted octanol–water partition coefficient (Wildman–Crippen LogP) is 4.97. The highest BCUT2D eigenvalue weighted by atomic mass is 32.2. The summed E-state index contributed by atoms with van der Waals surface area (Å²) in [5.41, 5.74) is 5.62. The Kier molecular flexibility index (Phi) is 5.75. The van der Waals surface area contributed by atoms with Crippen LogP contribution in [0.5, 0.6) is 0 Å². The van der Waals surface area contributed by atoms with Crippen molar-refractivity contribution in [2.24, 2.45) is 0 Å². The van der Waals surface area contributed by atoms with Crippen molar-refractivity contribution in [3.05, 3.63) is 88.5 Å². The maximum absolute atomic E-state index is 12.6. The Bertz CT molecular complexity index is 1170. The van der Waals surface area contributed by atoms with Gasteiger partial charge in [-0.15, -0.1) is 0 Å². The molecule has 0 fully saturated rings. The van der Waals surface area contributed by atoms with E-state index in [4.69, 9.17) is 0 Å². The van der Waals surface area contributed by atoms with Crippen LogP contribution >= 0.6 is 0 Å². The first-order valence-electron chi connectivity index (χ1n) is 9.24. The van der Waals surface area contributed by atoms with Gasteiger partial charge in [0.25, 0.3) is 15.9 Å². The second-order valence-corrected chi connectivity index (χ2v) is 8.88. The number of hydrogen-bond donors (Lipinski definition) is 2. The largest absolute Gasteiger partial charge is 0.322 e. The minimum absolute atomic E-state index is 0.125. The number of carbonyl (C=O) groups is 1. The van der Waals surface area contributed by atoms with Gasteiger partial charge in [0.2, 0.25) is 0 Å². The van der Waals surface area contributed by atoms with Gasteiger partial charge in [0.1, 0.15) is 0 Å². The van der Waals surface area contributed by atoms with Gasteiger partial charge in [0.15, 0.2) is 0 Å². The summed E-state index contributed by atoms with van der Waals surface area (Å²) in [6.07, 6.45) is 0. The predicted molar refractivity (Wildman–Crippen MR) is 117 cm³/mol. The summed E-state index contributed by atoms with van der Waals surface area (Å²) in [6, 6.07) is 17.2. The van der Waals surface area contributed by atoms with Crippen LogP contribution in [-0.2, 0) is 10.0 Å². The van der Waals surface area contributed by atoms with Crippen molar-refractivity contribution < 1.29 is 13.2 Å². The molecule has 5 nitrogen and oxygen atoms in total. The highest BCUT2D eigenvalue weighted by molar-refractivity contribution is 7.92. The van der Waals surface area contributed by atoms with E-state index in [0.29, 0.717) is 16.9 Å². The van der Waals surface area contributed by atoms with Gasteiger partial charge in [-0.3, -0.25) is 9.52 Å². The third-order valence-corrected chi connectivity index (χ3v) is 6.22. The molecule has 0 bridgehead atoms. The van der Waals surface area contributed by atoms with Crippen LogP contribution in [0.3, 0.4) is 0 Å². The van der Waals surface area contributed by atoms with Gasteiger partial charge in [0, 0.05) is 16.9 Å². The number of sulfonamides is 1. The number of benzene rings is 3. The lowest BCUT2D eigenvalue weighted by Crippen LogP contribution is -2.15. The topological polar surface area (TPSA) is 75.3 Å². The molecule has 0 spiro atoms. The van der Waals surface area contributed by atoms with Gasteiger partial charge in [-0.1, -0.05) is 23.8 Å². The Morgan fingerprint density at radius 1 is 0.724 bits per heavy atom. The average molecular weight is 409 g/mol. The van der Waals surface area contributed by atoms with E-state index in [2.05, 4.69) is 10.0 Å². The molecule has 150 valence electrons. The summed E-state index contributed by atoms with van der Waals surface area (Å²) >= 11 is 0. The number of carbonyl (C=O) groups excluding carboxylic acids is 1. The SMILES string of the molecule is Cc1ccc(C)c(C(=O)Nc2ccc(S(=O)(=O)Nc3ccc(C)c(C)c3)cc2)c1. The zero-order chi connectivity index (χ0) is 21.2. The van der Waals surface area contributed by atoms with E-state index in [-0.39, 0.29) is 10.8 Å². The third kappa shape index (κ3) is 4.84. The number of aryl methyl sites for hydroxylation is 4. The quantitative estimate of drug-likeness (QED) is 0.626. The molecule has 29 heavy (non-hydrogen) atoms. The van der Waals surface area contributed by atoms with Crippen molar-refractivity contribution >= 4 is 27.3 Å². The van der Waals surface area contributed by atoms with Crippen molar-refractivity contribution in [3.8, 4) is 0 Å². The second kappa shape index (κ2) is 8.09. The molecule has 0 heterocycles. The number of amides is 1. The van der Waals surface area contributed by atoms with Gasteiger partial charge in [-0.05, 0) is 86.8 Å². The Balaban J connectivity index is 1.76. The molecule has 0 aromatic heterocycles. The lowest BCUT2D eigenvalue weighted by Gasteiger charge is -2.11. The van der Waals surface area contributed by atoms with Crippen LogP contribution in [0.1, 0.15) is 32.6 Å². The summed E-state index contributed by atoms with van der Waals surface area (Å²) in [4.78, 5) is 12.7. The van der Waals surface area contributed by atoms with E-state index in [1.807, 2.05) is 52.0 Å². The van der Waals surface area contributed by atoms with Crippen LogP contribution in [0.2, 0.25) is 0 Å². The monoisotopic (exact) mass is 408 g/mol. The maximum atomic E-state index is 12.6. The van der Waals surface area contributed by atoms with Crippen LogP contribution < -0.4 is 10.0 Å². The maximum Gasteiger partial charge on any atom is 0.261 e. The summed E-state index contributed by atoms with van der Waals surface area (Å²) in [6.45, 7) is 7.71. The molecule has 6 heteroatoms. The molecule has 1 amide bonds. The van der Waals surface area contributed by atoms with Crippen LogP contribution in [0, 0.1) is 27.7 Å². The molecule has 0 aliphatic rings. The molecule has 0 radical (unpaired) electrons. The fourth-order valence-electron chi connectivity index (χ4n) is 2.92. The molecule has 0 saturated heterocycles. The second-order valence-electron chi connectivity index (χ2n) is 7.20. The van der Waals surface area contributed by atoms with Gasteiger partial charge in [-0.25, -0.2) is 8.42 Å². The number of rotatable bonds is 5. The van der Waals surface area contributed by atoms with E-state index >= 15 is 0 Å². The Labute approximate surface area is 171 Å². The molecule has 3 aromatic carbocycles. The van der Waals surface area contributed by atoms with E-state index in [9.17, 15) is 13.2 Å². The molecule has 0 aliphatic carbocycles. The molecule has 0 saturated carbocycles. The Morgan fingerprint density at radius 2 is 1.34 bits per heavy atom. The molecule has 2 N–H and O–H groups in total. The van der Waals surface area contributed by atoms with Crippen LogP contribution in [0.25, 0.3) is 0 Å². The zero-order valence-electron chi connectivity index (χ0n) is 16.9. The molecular formula is C23H24N2O3S. The summed E-state index contributed by atoms with van der Waals surface area (Å²) < 4.78 is 27.9. The van der Waals surface area contributed by atoms with Crippen LogP contribution in [0.15, 0.2) is 65.6 Å². The molecular weight excluding hydrogens is 384 g/mol. The van der Waals surface area contributed by atoms with Crippen LogP contribution in [-0.4, -0.2) is 14.3 Å². The van der Waals surface area contributed by atoms with Crippen LogP contribution in [0.4, 0.5) is 11.4 Å². The smallest absolute Gasteiger partial charge is 0.261 e. The number of anilines is 2. The molecule has 0 unspecified atom stereocenters. The minimum Gasteiger partial charge on any atom is -0.322 e. The number of hydrogen-bond acceptors (Lipinski definition) is 3. The molecule has 0 aliphatic heterocycles. The van der Waals surface area contributed by atoms with E-state index < -0.39 is 10.0 Å². The summed E-state index contributed by atoms with van der Waals surface area (Å²) in [5, 5.41) is 2.81. The van der Waals surface area contributed by atoms with Crippen molar-refractivity contribution in [3.63, 3.8) is 0 Å². The van der Waals surface area contributed by atoms with Gasteiger partial charge < -0.3 is 5.32 Å². The van der Waals surface area contributed by atoms with E-state index in [0.717, 1.165) is 22.3 Å². The van der Waals surface area contributed by atoms with Crippen molar-refractivity contribution in [2.75, 3.05) is 10.0 Å². The van der Waals surface area contributed by atoms with Crippen molar-refractivity contribution in [1.82, 2.24) is 0 Å². The highest BCUT2D eigenvalue weighted by Gasteiger charge is 2.15. The standard InChI is InChI=1S/C23H24N2O3S/c1-15-5-6-17(3)22(13-15)23(26)24-19-9-11-21(12-10-19)29(27,28)25-20-8-7-16(2)18(4)14-20/h5-14,25H,1-4H3,(H,24,26). The summed E-state index contributed by atoms with van der Waals surface area (Å²) in [7, 11) is -3.72. The van der Waals surface area contributed by atoms with Gasteiger partial charge in [-0.2, -0.15) is 0 Å². The first-order valence-corrected chi connectivity index (χ1v) is 10.7. The lowest BCUT2D eigenvalue weighted by atomic mass is 10.1. The van der Waals surface area contributed by atoms with Crippen molar-refractivity contribution in [2.45, 2.75) is 32.6 Å². The zero-order valence-corrected chi connectivity index (χ0v) is 17.7. The van der Waals surface area contributed by atoms with Gasteiger partial charge in [0.05, 0.1) is 4.90 Å². The fourth-order valence-corrected chi connectivity index (χ4v) is 3.96. The molecule has 3 rings (SSSR count). The fraction of sp³-hybridized carbons (Fsp3) is 0.174. The highest BCUT2D eigenvalue weighted by Crippen LogP contribution is 2.21. The summed E-state index contributed by atoms with van der Waals surface area (Å²) in [5.74, 6) is -0.227. The Hall–Kier alpha value is -3.12. The first kappa shape index (κ1) is 20.6. The third-order valence-electron chi connectivity index (χ3n) is 4.82. The number of nitrogens with one attached hydrogen (secondary N) is 2. The normalized spacial score (nSPS) is 11.2. The minimum atomic E-state index is -3.72.